The first-order valence-corrected chi connectivity index (χ1v) is 10.9. The van der Waals surface area contributed by atoms with Gasteiger partial charge >= 0.3 is 0 Å². The number of aryl methyl sites for hydroxylation is 2. The number of rotatable bonds is 5. The van der Waals surface area contributed by atoms with Crippen LogP contribution in [-0.4, -0.2) is 42.6 Å². The highest BCUT2D eigenvalue weighted by Crippen LogP contribution is 2.23. The number of hydrogen-bond donors (Lipinski definition) is 1. The maximum absolute atomic E-state index is 12.9. The van der Waals surface area contributed by atoms with Crippen LogP contribution in [0.25, 0.3) is 0 Å². The SMILES string of the molecule is Cc1ccc(CN2CCCN(CC(=O)Nc3ccc(C)cc3Cl)S2(=O)=O)cc1. The van der Waals surface area contributed by atoms with Crippen molar-refractivity contribution < 1.29 is 13.2 Å². The average molecular weight is 422 g/mol. The van der Waals surface area contributed by atoms with E-state index in [4.69, 9.17) is 11.6 Å². The number of carbonyl (C=O) groups is 1. The van der Waals surface area contributed by atoms with Crippen molar-refractivity contribution in [3.05, 3.63) is 64.2 Å². The van der Waals surface area contributed by atoms with Gasteiger partial charge in [0, 0.05) is 19.6 Å². The van der Waals surface area contributed by atoms with Gasteiger partial charge in [0.25, 0.3) is 10.2 Å². The van der Waals surface area contributed by atoms with Crippen LogP contribution in [0.4, 0.5) is 5.69 Å². The zero-order valence-electron chi connectivity index (χ0n) is 16.0. The zero-order valence-corrected chi connectivity index (χ0v) is 17.6. The van der Waals surface area contributed by atoms with Gasteiger partial charge in [-0.3, -0.25) is 4.79 Å². The van der Waals surface area contributed by atoms with Gasteiger partial charge in [-0.05, 0) is 43.5 Å². The van der Waals surface area contributed by atoms with Crippen LogP contribution in [0.2, 0.25) is 5.02 Å². The van der Waals surface area contributed by atoms with E-state index in [1.54, 1.807) is 12.1 Å². The van der Waals surface area contributed by atoms with Crippen molar-refractivity contribution in [2.45, 2.75) is 26.8 Å². The highest BCUT2D eigenvalue weighted by molar-refractivity contribution is 7.86. The van der Waals surface area contributed by atoms with Gasteiger partial charge in [0.2, 0.25) is 5.91 Å². The second-order valence-electron chi connectivity index (χ2n) is 7.05. The molecule has 1 amide bonds. The van der Waals surface area contributed by atoms with Crippen LogP contribution < -0.4 is 5.32 Å². The highest BCUT2D eigenvalue weighted by atomic mass is 35.5. The molecule has 0 aliphatic carbocycles. The lowest BCUT2D eigenvalue weighted by Crippen LogP contribution is -2.51. The van der Waals surface area contributed by atoms with Crippen molar-refractivity contribution in [2.24, 2.45) is 0 Å². The summed E-state index contributed by atoms with van der Waals surface area (Å²) in [7, 11) is -3.70. The highest BCUT2D eigenvalue weighted by Gasteiger charge is 2.34. The normalized spacial score (nSPS) is 17.4. The number of hydrogen-bond acceptors (Lipinski definition) is 3. The summed E-state index contributed by atoms with van der Waals surface area (Å²) in [6.45, 7) is 4.71. The molecule has 0 saturated carbocycles. The number of halogens is 1. The van der Waals surface area contributed by atoms with E-state index >= 15 is 0 Å². The molecule has 3 rings (SSSR count). The molecular formula is C20H24ClN3O3S. The minimum absolute atomic E-state index is 0.239. The molecule has 2 aromatic rings. The van der Waals surface area contributed by atoms with Crippen molar-refractivity contribution >= 4 is 33.4 Å². The number of carbonyl (C=O) groups excluding carboxylic acids is 1. The number of amides is 1. The summed E-state index contributed by atoms with van der Waals surface area (Å²) in [6.07, 6.45) is 0.670. The first-order valence-electron chi connectivity index (χ1n) is 9.12. The maximum atomic E-state index is 12.9. The van der Waals surface area contributed by atoms with Crippen LogP contribution in [0, 0.1) is 13.8 Å². The summed E-state index contributed by atoms with van der Waals surface area (Å²) in [5.41, 5.74) is 3.50. The Labute approximate surface area is 171 Å². The van der Waals surface area contributed by atoms with Gasteiger partial charge in [-0.25, -0.2) is 0 Å². The Bertz CT molecular complexity index is 961. The molecule has 1 N–H and O–H groups in total. The van der Waals surface area contributed by atoms with E-state index in [1.165, 1.54) is 8.61 Å². The molecule has 2 aromatic carbocycles. The molecule has 1 fully saturated rings. The molecular weight excluding hydrogens is 398 g/mol. The fourth-order valence-electron chi connectivity index (χ4n) is 3.11. The fraction of sp³-hybridized carbons (Fsp3) is 0.350. The van der Waals surface area contributed by atoms with Gasteiger partial charge in [0.1, 0.15) is 0 Å². The molecule has 1 aliphatic rings. The van der Waals surface area contributed by atoms with Crippen LogP contribution in [0.15, 0.2) is 42.5 Å². The third-order valence-corrected chi connectivity index (χ3v) is 6.91. The molecule has 1 heterocycles. The molecule has 1 aliphatic heterocycles. The molecule has 0 atom stereocenters. The standard InChI is InChI=1S/C20H24ClN3O3S/c1-15-4-7-17(8-5-15)13-23-10-3-11-24(28(23,26)27)14-20(25)22-19-9-6-16(2)12-18(19)21/h4-9,12H,3,10-11,13-14H2,1-2H3,(H,22,25). The van der Waals surface area contributed by atoms with Crippen LogP contribution >= 0.6 is 11.6 Å². The van der Waals surface area contributed by atoms with E-state index in [1.807, 2.05) is 44.2 Å². The lowest BCUT2D eigenvalue weighted by Gasteiger charge is -2.34. The van der Waals surface area contributed by atoms with Crippen LogP contribution in [0.3, 0.4) is 0 Å². The quantitative estimate of drug-likeness (QED) is 0.804. The van der Waals surface area contributed by atoms with E-state index in [2.05, 4.69) is 5.32 Å². The maximum Gasteiger partial charge on any atom is 0.282 e. The first kappa shape index (κ1) is 20.8. The summed E-state index contributed by atoms with van der Waals surface area (Å²) in [4.78, 5) is 12.4. The first-order chi connectivity index (χ1) is 13.3. The molecule has 1 saturated heterocycles. The minimum atomic E-state index is -3.70. The smallest absolute Gasteiger partial charge is 0.282 e. The van der Waals surface area contributed by atoms with Crippen molar-refractivity contribution in [3.8, 4) is 0 Å². The largest absolute Gasteiger partial charge is 0.324 e. The number of nitrogens with zero attached hydrogens (tertiary/aromatic N) is 2. The minimum Gasteiger partial charge on any atom is -0.324 e. The Hall–Kier alpha value is -1.93. The molecule has 150 valence electrons. The Morgan fingerprint density at radius 3 is 2.36 bits per heavy atom. The summed E-state index contributed by atoms with van der Waals surface area (Å²) in [6, 6.07) is 13.1. The van der Waals surface area contributed by atoms with Crippen LogP contribution in [0.5, 0.6) is 0 Å². The van der Waals surface area contributed by atoms with Gasteiger partial charge in [-0.1, -0.05) is 47.5 Å². The van der Waals surface area contributed by atoms with E-state index < -0.39 is 16.1 Å². The summed E-state index contributed by atoms with van der Waals surface area (Å²) in [5, 5.41) is 3.12. The zero-order chi connectivity index (χ0) is 20.3. The Balaban J connectivity index is 1.67. The van der Waals surface area contributed by atoms with E-state index in [0.717, 1.165) is 16.7 Å². The van der Waals surface area contributed by atoms with Crippen molar-refractivity contribution in [2.75, 3.05) is 25.0 Å². The third kappa shape index (κ3) is 4.91. The summed E-state index contributed by atoms with van der Waals surface area (Å²) in [5.74, 6) is -0.411. The predicted molar refractivity (Wildman–Crippen MR) is 112 cm³/mol. The number of anilines is 1. The molecule has 0 bridgehead atoms. The van der Waals surface area contributed by atoms with Gasteiger partial charge in [-0.2, -0.15) is 17.0 Å². The Morgan fingerprint density at radius 2 is 1.68 bits per heavy atom. The Kier molecular flexibility index (Phi) is 6.40. The van der Waals surface area contributed by atoms with E-state index in [0.29, 0.717) is 36.8 Å². The van der Waals surface area contributed by atoms with Crippen LogP contribution in [0.1, 0.15) is 23.1 Å². The number of benzene rings is 2. The lowest BCUT2D eigenvalue weighted by atomic mass is 10.1. The van der Waals surface area contributed by atoms with E-state index in [-0.39, 0.29) is 6.54 Å². The topological polar surface area (TPSA) is 69.7 Å². The second-order valence-corrected chi connectivity index (χ2v) is 9.38. The van der Waals surface area contributed by atoms with Gasteiger partial charge in [0.15, 0.2) is 0 Å². The lowest BCUT2D eigenvalue weighted by molar-refractivity contribution is -0.116. The van der Waals surface area contributed by atoms with E-state index in [9.17, 15) is 13.2 Å². The predicted octanol–water partition coefficient (Wildman–Crippen LogP) is 3.35. The third-order valence-electron chi connectivity index (χ3n) is 4.67. The van der Waals surface area contributed by atoms with Gasteiger partial charge < -0.3 is 5.32 Å². The second kappa shape index (κ2) is 8.61. The van der Waals surface area contributed by atoms with Crippen molar-refractivity contribution in [1.82, 2.24) is 8.61 Å². The average Bonchev–Trinajstić information content (AvgIpc) is 2.63. The molecule has 0 aromatic heterocycles. The Morgan fingerprint density at radius 1 is 1.04 bits per heavy atom. The van der Waals surface area contributed by atoms with Gasteiger partial charge in [0.05, 0.1) is 17.3 Å². The van der Waals surface area contributed by atoms with Crippen molar-refractivity contribution in [3.63, 3.8) is 0 Å². The van der Waals surface area contributed by atoms with Gasteiger partial charge in [-0.15, -0.1) is 0 Å². The summed E-state index contributed by atoms with van der Waals surface area (Å²) >= 11 is 6.14. The monoisotopic (exact) mass is 421 g/mol. The molecule has 0 unspecified atom stereocenters. The van der Waals surface area contributed by atoms with Crippen LogP contribution in [-0.2, 0) is 21.5 Å². The molecule has 0 spiro atoms. The molecule has 0 radical (unpaired) electrons. The fourth-order valence-corrected chi connectivity index (χ4v) is 5.03. The van der Waals surface area contributed by atoms with Crippen molar-refractivity contribution in [1.29, 1.82) is 0 Å². The molecule has 8 heteroatoms. The molecule has 6 nitrogen and oxygen atoms in total. The molecule has 28 heavy (non-hydrogen) atoms. The number of nitrogens with one attached hydrogen (secondary N) is 1. The summed E-state index contributed by atoms with van der Waals surface area (Å²) < 4.78 is 28.5.